The van der Waals surface area contributed by atoms with Gasteiger partial charge >= 0.3 is 0 Å². The molecule has 1 N–H and O–H groups in total. The van der Waals surface area contributed by atoms with Crippen LogP contribution in [-0.2, 0) is 0 Å². The van der Waals surface area contributed by atoms with Crippen molar-refractivity contribution in [2.45, 2.75) is 0 Å². The molecule has 2 rings (SSSR count). The van der Waals surface area contributed by atoms with Gasteiger partial charge in [0.25, 0.3) is 5.91 Å². The molecule has 0 unspecified atom stereocenters. The van der Waals surface area contributed by atoms with Crippen molar-refractivity contribution in [3.05, 3.63) is 58.9 Å². The third-order valence-corrected chi connectivity index (χ3v) is 2.84. The van der Waals surface area contributed by atoms with Crippen molar-refractivity contribution in [1.29, 1.82) is 0 Å². The van der Waals surface area contributed by atoms with Gasteiger partial charge in [-0.1, -0.05) is 17.7 Å². The molecule has 1 amide bonds. The van der Waals surface area contributed by atoms with Crippen molar-refractivity contribution in [2.75, 3.05) is 12.4 Å². The fourth-order valence-electron chi connectivity index (χ4n) is 1.55. The highest BCUT2D eigenvalue weighted by atomic mass is 35.5. The number of nitrogens with one attached hydrogen (secondary N) is 1. The number of carbonyl (C=O) groups is 1. The van der Waals surface area contributed by atoms with Crippen LogP contribution in [0.25, 0.3) is 0 Å². The van der Waals surface area contributed by atoms with E-state index >= 15 is 0 Å². The van der Waals surface area contributed by atoms with Crippen LogP contribution in [-0.4, -0.2) is 13.0 Å². The molecule has 0 aromatic heterocycles. The maximum Gasteiger partial charge on any atom is 0.258 e. The van der Waals surface area contributed by atoms with Gasteiger partial charge in [0.2, 0.25) is 0 Å². The summed E-state index contributed by atoms with van der Waals surface area (Å²) in [7, 11) is 1.55. The van der Waals surface area contributed by atoms with Gasteiger partial charge in [-0.3, -0.25) is 4.79 Å². The molecular formula is C14H11ClFNO2. The Morgan fingerprint density at radius 2 is 1.89 bits per heavy atom. The summed E-state index contributed by atoms with van der Waals surface area (Å²) in [6.07, 6.45) is 0. The standard InChI is InChI=1S/C14H11ClFNO2/c1-19-10-7-5-9(6-8-10)17-14(18)11-3-2-4-12(15)13(11)16/h2-8H,1H3,(H,17,18). The van der Waals surface area contributed by atoms with E-state index in [1.54, 1.807) is 31.4 Å². The molecule has 3 nitrogen and oxygen atoms in total. The molecule has 98 valence electrons. The monoisotopic (exact) mass is 279 g/mol. The van der Waals surface area contributed by atoms with Crippen molar-refractivity contribution in [1.82, 2.24) is 0 Å². The molecule has 0 spiro atoms. The van der Waals surface area contributed by atoms with E-state index in [9.17, 15) is 9.18 Å². The maximum atomic E-state index is 13.7. The van der Waals surface area contributed by atoms with Crippen molar-refractivity contribution < 1.29 is 13.9 Å². The Morgan fingerprint density at radius 3 is 2.53 bits per heavy atom. The van der Waals surface area contributed by atoms with E-state index < -0.39 is 11.7 Å². The lowest BCUT2D eigenvalue weighted by Crippen LogP contribution is -2.13. The summed E-state index contributed by atoms with van der Waals surface area (Å²) in [5.74, 6) is -0.604. The number of hydrogen-bond donors (Lipinski definition) is 1. The first-order valence-corrected chi connectivity index (χ1v) is 5.89. The van der Waals surface area contributed by atoms with Crippen LogP contribution in [0.3, 0.4) is 0 Å². The van der Waals surface area contributed by atoms with Gasteiger partial charge < -0.3 is 10.1 Å². The van der Waals surface area contributed by atoms with E-state index in [0.29, 0.717) is 11.4 Å². The number of benzene rings is 2. The van der Waals surface area contributed by atoms with Gasteiger partial charge in [0.15, 0.2) is 5.82 Å². The molecule has 2 aromatic rings. The average Bonchev–Trinajstić information content (AvgIpc) is 2.42. The minimum atomic E-state index is -0.727. The van der Waals surface area contributed by atoms with E-state index in [4.69, 9.17) is 16.3 Å². The predicted molar refractivity (Wildman–Crippen MR) is 72.4 cm³/mol. The van der Waals surface area contributed by atoms with E-state index in [1.165, 1.54) is 18.2 Å². The first-order valence-electron chi connectivity index (χ1n) is 5.51. The highest BCUT2D eigenvalue weighted by Gasteiger charge is 2.14. The molecule has 0 aliphatic heterocycles. The minimum absolute atomic E-state index is 0.0811. The van der Waals surface area contributed by atoms with Crippen molar-refractivity contribution in [3.8, 4) is 5.75 Å². The van der Waals surface area contributed by atoms with Crippen LogP contribution >= 0.6 is 11.6 Å². The predicted octanol–water partition coefficient (Wildman–Crippen LogP) is 3.74. The highest BCUT2D eigenvalue weighted by molar-refractivity contribution is 6.31. The van der Waals surface area contributed by atoms with E-state index in [2.05, 4.69) is 5.32 Å². The number of anilines is 1. The number of amides is 1. The summed E-state index contributed by atoms with van der Waals surface area (Å²) in [4.78, 5) is 11.9. The number of hydrogen-bond acceptors (Lipinski definition) is 2. The second kappa shape index (κ2) is 5.71. The summed E-state index contributed by atoms with van der Waals surface area (Å²) in [5, 5.41) is 2.50. The zero-order valence-corrected chi connectivity index (χ0v) is 10.9. The molecule has 0 aliphatic rings. The highest BCUT2D eigenvalue weighted by Crippen LogP contribution is 2.20. The summed E-state index contributed by atoms with van der Waals surface area (Å²) in [5.41, 5.74) is 0.452. The first-order chi connectivity index (χ1) is 9.11. The van der Waals surface area contributed by atoms with E-state index in [0.717, 1.165) is 0 Å². The second-order valence-corrected chi connectivity index (χ2v) is 4.19. The Balaban J connectivity index is 2.18. The first kappa shape index (κ1) is 13.4. The van der Waals surface area contributed by atoms with E-state index in [1.807, 2.05) is 0 Å². The molecule has 0 saturated heterocycles. The van der Waals surface area contributed by atoms with Gasteiger partial charge in [-0.05, 0) is 36.4 Å². The molecule has 19 heavy (non-hydrogen) atoms. The van der Waals surface area contributed by atoms with Crippen LogP contribution in [0, 0.1) is 5.82 Å². The van der Waals surface area contributed by atoms with Crippen LogP contribution < -0.4 is 10.1 Å². The van der Waals surface area contributed by atoms with Gasteiger partial charge in [0, 0.05) is 5.69 Å². The smallest absolute Gasteiger partial charge is 0.258 e. The van der Waals surface area contributed by atoms with Crippen LogP contribution in [0.15, 0.2) is 42.5 Å². The molecule has 2 aromatic carbocycles. The van der Waals surface area contributed by atoms with Gasteiger partial charge in [-0.25, -0.2) is 4.39 Å². The summed E-state index contributed by atoms with van der Waals surface area (Å²) < 4.78 is 18.7. The molecular weight excluding hydrogens is 269 g/mol. The Kier molecular flexibility index (Phi) is 4.02. The number of rotatable bonds is 3. The summed E-state index contributed by atoms with van der Waals surface area (Å²) in [6, 6.07) is 11.0. The molecule has 0 heterocycles. The van der Waals surface area contributed by atoms with Crippen LogP contribution in [0.4, 0.5) is 10.1 Å². The van der Waals surface area contributed by atoms with Gasteiger partial charge in [0.05, 0.1) is 17.7 Å². The number of ether oxygens (including phenoxy) is 1. The molecule has 0 atom stereocenters. The van der Waals surface area contributed by atoms with Crippen molar-refractivity contribution in [2.24, 2.45) is 0 Å². The number of methoxy groups -OCH3 is 1. The van der Waals surface area contributed by atoms with Gasteiger partial charge in [-0.15, -0.1) is 0 Å². The van der Waals surface area contributed by atoms with Crippen molar-refractivity contribution >= 4 is 23.2 Å². The zero-order chi connectivity index (χ0) is 13.8. The summed E-state index contributed by atoms with van der Waals surface area (Å²) in [6.45, 7) is 0. The van der Waals surface area contributed by atoms with Crippen molar-refractivity contribution in [3.63, 3.8) is 0 Å². The molecule has 0 aliphatic carbocycles. The average molecular weight is 280 g/mol. The topological polar surface area (TPSA) is 38.3 Å². The Bertz CT molecular complexity index is 599. The van der Waals surface area contributed by atoms with Gasteiger partial charge in [0.1, 0.15) is 5.75 Å². The molecule has 0 fully saturated rings. The van der Waals surface area contributed by atoms with Crippen LogP contribution in [0.1, 0.15) is 10.4 Å². The molecule has 0 bridgehead atoms. The summed E-state index contributed by atoms with van der Waals surface area (Å²) >= 11 is 5.63. The van der Waals surface area contributed by atoms with Crippen LogP contribution in [0.5, 0.6) is 5.75 Å². The van der Waals surface area contributed by atoms with E-state index in [-0.39, 0.29) is 10.6 Å². The third-order valence-electron chi connectivity index (χ3n) is 2.54. The lowest BCUT2D eigenvalue weighted by Gasteiger charge is -2.07. The second-order valence-electron chi connectivity index (χ2n) is 3.78. The van der Waals surface area contributed by atoms with Gasteiger partial charge in [-0.2, -0.15) is 0 Å². The number of halogens is 2. The largest absolute Gasteiger partial charge is 0.497 e. The fourth-order valence-corrected chi connectivity index (χ4v) is 1.73. The minimum Gasteiger partial charge on any atom is -0.497 e. The maximum absolute atomic E-state index is 13.7. The number of carbonyl (C=O) groups excluding carboxylic acids is 1. The SMILES string of the molecule is COc1ccc(NC(=O)c2cccc(Cl)c2F)cc1. The quantitative estimate of drug-likeness (QED) is 0.929. The fraction of sp³-hybridized carbons (Fsp3) is 0.0714. The lowest BCUT2D eigenvalue weighted by atomic mass is 10.2. The lowest BCUT2D eigenvalue weighted by molar-refractivity contribution is 0.102. The normalized spacial score (nSPS) is 10.1. The Labute approximate surface area is 115 Å². The third kappa shape index (κ3) is 3.03. The Morgan fingerprint density at radius 1 is 1.21 bits per heavy atom. The zero-order valence-electron chi connectivity index (χ0n) is 10.1. The van der Waals surface area contributed by atoms with Crippen LogP contribution in [0.2, 0.25) is 5.02 Å². The molecule has 0 saturated carbocycles. The molecule has 5 heteroatoms. The Hall–Kier alpha value is -2.07. The molecule has 0 radical (unpaired) electrons.